The largest absolute Gasteiger partial charge is 0.303 e. The summed E-state index contributed by atoms with van der Waals surface area (Å²) >= 11 is 0. The molecule has 0 N–H and O–H groups in total. The molecule has 1 heteroatoms. The van der Waals surface area contributed by atoms with Crippen LogP contribution in [0.2, 0.25) is 0 Å². The number of allylic oxidation sites excluding steroid dienone is 2. The highest BCUT2D eigenvalue weighted by atomic mass is 16.1. The summed E-state index contributed by atoms with van der Waals surface area (Å²) < 4.78 is 0. The van der Waals surface area contributed by atoms with Crippen LogP contribution in [-0.2, 0) is 4.79 Å². The maximum atomic E-state index is 10.5. The summed E-state index contributed by atoms with van der Waals surface area (Å²) in [6, 6.07) is 9.97. The van der Waals surface area contributed by atoms with E-state index < -0.39 is 0 Å². The highest BCUT2D eigenvalue weighted by molar-refractivity contribution is 5.51. The van der Waals surface area contributed by atoms with Gasteiger partial charge in [0.15, 0.2) is 0 Å². The van der Waals surface area contributed by atoms with E-state index in [1.807, 2.05) is 36.4 Å². The first-order valence-electron chi connectivity index (χ1n) is 6.09. The third-order valence-electron chi connectivity index (χ3n) is 3.17. The molecule has 17 heavy (non-hydrogen) atoms. The lowest BCUT2D eigenvalue weighted by Crippen LogP contribution is -1.96. The predicted octanol–water partition coefficient (Wildman–Crippen LogP) is 3.35. The van der Waals surface area contributed by atoms with E-state index in [0.717, 1.165) is 24.7 Å². The number of carbonyl (C=O) groups excluding carboxylic acids is 1. The van der Waals surface area contributed by atoms with Crippen molar-refractivity contribution < 1.29 is 4.79 Å². The van der Waals surface area contributed by atoms with Crippen LogP contribution in [0.5, 0.6) is 0 Å². The van der Waals surface area contributed by atoms with E-state index in [9.17, 15) is 4.79 Å². The maximum absolute atomic E-state index is 10.5. The van der Waals surface area contributed by atoms with Crippen molar-refractivity contribution in [1.29, 1.82) is 0 Å². The molecule has 0 bridgehead atoms. The molecule has 0 spiro atoms. The summed E-state index contributed by atoms with van der Waals surface area (Å²) in [5.74, 6) is 6.67. The lowest BCUT2D eigenvalue weighted by Gasteiger charge is -2.05. The molecule has 2 rings (SSSR count). The van der Waals surface area contributed by atoms with Crippen molar-refractivity contribution in [2.75, 3.05) is 0 Å². The van der Waals surface area contributed by atoms with Crippen molar-refractivity contribution in [1.82, 2.24) is 0 Å². The van der Waals surface area contributed by atoms with E-state index in [0.29, 0.717) is 12.3 Å². The molecule has 0 radical (unpaired) electrons. The molecule has 0 saturated heterocycles. The Hall–Kier alpha value is -1.81. The van der Waals surface area contributed by atoms with Crippen molar-refractivity contribution in [3.63, 3.8) is 0 Å². The van der Waals surface area contributed by atoms with Crippen LogP contribution >= 0.6 is 0 Å². The Morgan fingerprint density at radius 1 is 1.29 bits per heavy atom. The van der Waals surface area contributed by atoms with Crippen LogP contribution in [0.3, 0.4) is 0 Å². The molecule has 1 unspecified atom stereocenters. The lowest BCUT2D eigenvalue weighted by atomic mass is 9.99. The molecule has 0 aromatic heterocycles. The Morgan fingerprint density at radius 3 is 2.88 bits per heavy atom. The molecule has 1 fully saturated rings. The summed E-state index contributed by atoms with van der Waals surface area (Å²) in [4.78, 5) is 10.5. The summed E-state index contributed by atoms with van der Waals surface area (Å²) in [7, 11) is 0. The quantitative estimate of drug-likeness (QED) is 0.556. The second-order valence-electron chi connectivity index (χ2n) is 4.35. The highest BCUT2D eigenvalue weighted by Gasteiger charge is 2.19. The van der Waals surface area contributed by atoms with Gasteiger partial charge in [-0.25, -0.2) is 0 Å². The number of aldehydes is 1. The van der Waals surface area contributed by atoms with Crippen LogP contribution in [0, 0.1) is 17.8 Å². The fourth-order valence-electron chi connectivity index (χ4n) is 2.25. The van der Waals surface area contributed by atoms with Gasteiger partial charge in [-0.2, -0.15) is 0 Å². The Bertz CT molecular complexity index is 459. The van der Waals surface area contributed by atoms with Gasteiger partial charge in [-0.1, -0.05) is 35.6 Å². The maximum Gasteiger partial charge on any atom is 0.120 e. The van der Waals surface area contributed by atoms with Crippen molar-refractivity contribution in [2.24, 2.45) is 5.92 Å². The van der Waals surface area contributed by atoms with Crippen molar-refractivity contribution in [3.8, 4) is 11.8 Å². The van der Waals surface area contributed by atoms with Gasteiger partial charge in [-0.05, 0) is 43.4 Å². The Kier molecular flexibility index (Phi) is 4.16. The van der Waals surface area contributed by atoms with Gasteiger partial charge in [0.1, 0.15) is 6.29 Å². The third kappa shape index (κ3) is 3.32. The number of hydrogen-bond acceptors (Lipinski definition) is 1. The number of carbonyl (C=O) groups is 1. The topological polar surface area (TPSA) is 17.1 Å². The monoisotopic (exact) mass is 224 g/mol. The smallest absolute Gasteiger partial charge is 0.120 e. The highest BCUT2D eigenvalue weighted by Crippen LogP contribution is 2.32. The molecule has 1 aliphatic carbocycles. The zero-order valence-corrected chi connectivity index (χ0v) is 9.86. The minimum atomic E-state index is 0.442. The van der Waals surface area contributed by atoms with Gasteiger partial charge < -0.3 is 4.79 Å². The molecule has 0 amide bonds. The van der Waals surface area contributed by atoms with Crippen molar-refractivity contribution in [3.05, 3.63) is 47.5 Å². The van der Waals surface area contributed by atoms with E-state index in [2.05, 4.69) is 11.8 Å². The Labute approximate surface area is 103 Å². The Balaban J connectivity index is 2.05. The van der Waals surface area contributed by atoms with Gasteiger partial charge in [0.2, 0.25) is 0 Å². The molecule has 1 nitrogen and oxygen atoms in total. The van der Waals surface area contributed by atoms with E-state index in [4.69, 9.17) is 0 Å². The first kappa shape index (κ1) is 11.7. The molecule has 0 heterocycles. The molecule has 1 aliphatic rings. The van der Waals surface area contributed by atoms with Crippen LogP contribution in [-0.4, -0.2) is 6.29 Å². The normalized spacial score (nSPS) is 20.9. The van der Waals surface area contributed by atoms with Crippen LogP contribution in [0.15, 0.2) is 42.0 Å². The zero-order chi connectivity index (χ0) is 11.9. The van der Waals surface area contributed by atoms with E-state index in [1.54, 1.807) is 0 Å². The summed E-state index contributed by atoms with van der Waals surface area (Å²) in [6.07, 6.45) is 7.11. The third-order valence-corrected chi connectivity index (χ3v) is 3.17. The average Bonchev–Trinajstić information content (AvgIpc) is 2.79. The van der Waals surface area contributed by atoms with Gasteiger partial charge in [0, 0.05) is 12.0 Å². The fraction of sp³-hybridized carbons (Fsp3) is 0.312. The molecule has 86 valence electrons. The molecule has 1 saturated carbocycles. The summed E-state index contributed by atoms with van der Waals surface area (Å²) in [6.45, 7) is 0. The Morgan fingerprint density at radius 2 is 2.12 bits per heavy atom. The van der Waals surface area contributed by atoms with Gasteiger partial charge in [0.25, 0.3) is 0 Å². The second kappa shape index (κ2) is 6.06. The molecule has 1 aromatic carbocycles. The zero-order valence-electron chi connectivity index (χ0n) is 9.86. The van der Waals surface area contributed by atoms with Gasteiger partial charge in [-0.15, -0.1) is 0 Å². The molecule has 1 aromatic rings. The van der Waals surface area contributed by atoms with Crippen LogP contribution in [0.25, 0.3) is 0 Å². The van der Waals surface area contributed by atoms with Gasteiger partial charge >= 0.3 is 0 Å². The first-order chi connectivity index (χ1) is 8.40. The fourth-order valence-corrected chi connectivity index (χ4v) is 2.25. The minimum Gasteiger partial charge on any atom is -0.303 e. The van der Waals surface area contributed by atoms with Gasteiger partial charge in [-0.3, -0.25) is 0 Å². The van der Waals surface area contributed by atoms with Crippen LogP contribution < -0.4 is 0 Å². The van der Waals surface area contributed by atoms with Crippen LogP contribution in [0.1, 0.15) is 31.2 Å². The summed E-state index contributed by atoms with van der Waals surface area (Å²) in [5, 5.41) is 0. The van der Waals surface area contributed by atoms with Gasteiger partial charge in [0.05, 0.1) is 0 Å². The van der Waals surface area contributed by atoms with E-state index >= 15 is 0 Å². The number of rotatable bonds is 2. The predicted molar refractivity (Wildman–Crippen MR) is 69.4 cm³/mol. The van der Waals surface area contributed by atoms with Crippen molar-refractivity contribution >= 4 is 6.29 Å². The number of hydrogen-bond donors (Lipinski definition) is 0. The standard InChI is InChI=1S/C16H16O/c17-13-12-16-11-5-10-15(16)9-4-8-14-6-2-1-3-7-14/h1-3,6-7,9,13,16H,5,10-12H2/b15-9-. The average molecular weight is 224 g/mol. The second-order valence-corrected chi connectivity index (χ2v) is 4.35. The molecular weight excluding hydrogens is 208 g/mol. The van der Waals surface area contributed by atoms with E-state index in [1.165, 1.54) is 12.0 Å². The van der Waals surface area contributed by atoms with Crippen LogP contribution in [0.4, 0.5) is 0 Å². The minimum absolute atomic E-state index is 0.442. The number of benzene rings is 1. The molecular formula is C16H16O. The summed E-state index contributed by atoms with van der Waals surface area (Å²) in [5.41, 5.74) is 2.38. The van der Waals surface area contributed by atoms with Crippen molar-refractivity contribution in [2.45, 2.75) is 25.7 Å². The lowest BCUT2D eigenvalue weighted by molar-refractivity contribution is -0.108. The molecule has 1 atom stereocenters. The first-order valence-corrected chi connectivity index (χ1v) is 6.09. The SMILES string of the molecule is O=CCC1CCC/C1=C/C#Cc1ccccc1. The molecule has 0 aliphatic heterocycles. The van der Waals surface area contributed by atoms with E-state index in [-0.39, 0.29) is 0 Å².